The minimum atomic E-state index is -0.371. The van der Waals surface area contributed by atoms with Gasteiger partial charge in [-0.15, -0.1) is 0 Å². The van der Waals surface area contributed by atoms with Crippen molar-refractivity contribution >= 4 is 40.4 Å². The van der Waals surface area contributed by atoms with Gasteiger partial charge in [-0.25, -0.2) is 0 Å². The SMILES string of the molecule is O=[N+]([O-])c1cccc(CN2c3ccccc3Sc3cccc(Cl)c32)c1. The van der Waals surface area contributed by atoms with Crippen molar-refractivity contribution in [3.8, 4) is 0 Å². The number of para-hydroxylation sites is 2. The molecule has 1 aliphatic rings. The average molecular weight is 369 g/mol. The van der Waals surface area contributed by atoms with Crippen LogP contribution in [0.2, 0.25) is 5.02 Å². The van der Waals surface area contributed by atoms with Crippen LogP contribution < -0.4 is 4.90 Å². The number of non-ortho nitro benzene ring substituents is 1. The van der Waals surface area contributed by atoms with Gasteiger partial charge in [0, 0.05) is 28.5 Å². The summed E-state index contributed by atoms with van der Waals surface area (Å²) in [5.41, 5.74) is 2.96. The van der Waals surface area contributed by atoms with Crippen molar-refractivity contribution in [2.24, 2.45) is 0 Å². The average Bonchev–Trinajstić information content (AvgIpc) is 2.62. The summed E-state index contributed by atoms with van der Waals surface area (Å²) < 4.78 is 0. The fraction of sp³-hybridized carbons (Fsp3) is 0.0526. The van der Waals surface area contributed by atoms with Crippen molar-refractivity contribution in [3.63, 3.8) is 0 Å². The highest BCUT2D eigenvalue weighted by Crippen LogP contribution is 2.51. The van der Waals surface area contributed by atoms with Crippen LogP contribution in [0.5, 0.6) is 0 Å². The van der Waals surface area contributed by atoms with E-state index in [9.17, 15) is 10.1 Å². The van der Waals surface area contributed by atoms with Crippen LogP contribution in [-0.2, 0) is 6.54 Å². The van der Waals surface area contributed by atoms with Crippen molar-refractivity contribution in [1.82, 2.24) is 0 Å². The summed E-state index contributed by atoms with van der Waals surface area (Å²) in [5, 5.41) is 11.7. The van der Waals surface area contributed by atoms with Crippen LogP contribution in [0.25, 0.3) is 0 Å². The van der Waals surface area contributed by atoms with Crippen molar-refractivity contribution in [2.45, 2.75) is 16.3 Å². The van der Waals surface area contributed by atoms with Crippen LogP contribution in [0.1, 0.15) is 5.56 Å². The molecule has 6 heteroatoms. The lowest BCUT2D eigenvalue weighted by Gasteiger charge is -2.33. The van der Waals surface area contributed by atoms with Crippen LogP contribution in [0.4, 0.5) is 17.1 Å². The molecule has 1 heterocycles. The van der Waals surface area contributed by atoms with Crippen molar-refractivity contribution in [3.05, 3.63) is 87.4 Å². The first-order valence-corrected chi connectivity index (χ1v) is 8.89. The molecule has 0 fully saturated rings. The number of hydrogen-bond acceptors (Lipinski definition) is 4. The highest BCUT2D eigenvalue weighted by atomic mass is 35.5. The van der Waals surface area contributed by atoms with Crippen molar-refractivity contribution in [2.75, 3.05) is 4.90 Å². The highest BCUT2D eigenvalue weighted by Gasteiger charge is 2.25. The quantitative estimate of drug-likeness (QED) is 0.417. The van der Waals surface area contributed by atoms with Gasteiger partial charge in [0.1, 0.15) is 0 Å². The van der Waals surface area contributed by atoms with Gasteiger partial charge in [-0.2, -0.15) is 0 Å². The molecule has 4 rings (SSSR count). The van der Waals surface area contributed by atoms with Gasteiger partial charge in [0.15, 0.2) is 0 Å². The minimum absolute atomic E-state index is 0.0940. The van der Waals surface area contributed by atoms with Crippen molar-refractivity contribution in [1.29, 1.82) is 0 Å². The standard InChI is InChI=1S/C19H13ClN2O2S/c20-15-7-4-10-18-19(15)21(16-8-1-2-9-17(16)25-18)12-13-5-3-6-14(11-13)22(23)24/h1-11H,12H2. The maximum atomic E-state index is 11.1. The van der Waals surface area contributed by atoms with E-state index >= 15 is 0 Å². The van der Waals surface area contributed by atoms with E-state index < -0.39 is 0 Å². The van der Waals surface area contributed by atoms with Gasteiger partial charge in [0.05, 0.1) is 21.3 Å². The molecule has 0 radical (unpaired) electrons. The van der Waals surface area contributed by atoms with Gasteiger partial charge in [0.2, 0.25) is 0 Å². The number of hydrogen-bond donors (Lipinski definition) is 0. The zero-order valence-corrected chi connectivity index (χ0v) is 14.6. The van der Waals surface area contributed by atoms with E-state index in [0.717, 1.165) is 26.7 Å². The lowest BCUT2D eigenvalue weighted by Crippen LogP contribution is -2.20. The molecule has 25 heavy (non-hydrogen) atoms. The van der Waals surface area contributed by atoms with Crippen LogP contribution in [0.3, 0.4) is 0 Å². The lowest BCUT2D eigenvalue weighted by molar-refractivity contribution is -0.384. The van der Waals surface area contributed by atoms with Crippen molar-refractivity contribution < 1.29 is 4.92 Å². The Hall–Kier alpha value is -2.50. The fourth-order valence-electron chi connectivity index (χ4n) is 2.96. The predicted molar refractivity (Wildman–Crippen MR) is 101 cm³/mol. The summed E-state index contributed by atoms with van der Waals surface area (Å²) in [5.74, 6) is 0. The molecule has 3 aromatic rings. The number of halogens is 1. The Labute approximate surface area is 154 Å². The number of benzene rings is 3. The second kappa shape index (κ2) is 6.43. The molecular formula is C19H13ClN2O2S. The molecule has 1 aliphatic heterocycles. The molecule has 0 N–H and O–H groups in total. The maximum absolute atomic E-state index is 11.1. The lowest BCUT2D eigenvalue weighted by atomic mass is 10.1. The van der Waals surface area contributed by atoms with Gasteiger partial charge >= 0.3 is 0 Å². The number of rotatable bonds is 3. The first-order chi connectivity index (χ1) is 12.1. The molecule has 0 amide bonds. The third-order valence-electron chi connectivity index (χ3n) is 4.06. The summed E-state index contributed by atoms with van der Waals surface area (Å²) >= 11 is 8.17. The molecule has 0 spiro atoms. The Morgan fingerprint density at radius 3 is 2.60 bits per heavy atom. The monoisotopic (exact) mass is 368 g/mol. The molecule has 0 bridgehead atoms. The number of fused-ring (bicyclic) bond motifs is 2. The smallest absolute Gasteiger partial charge is 0.269 e. The molecule has 3 aromatic carbocycles. The van der Waals surface area contributed by atoms with E-state index in [2.05, 4.69) is 11.0 Å². The third-order valence-corrected chi connectivity index (χ3v) is 5.48. The largest absolute Gasteiger partial charge is 0.334 e. The minimum Gasteiger partial charge on any atom is -0.334 e. The highest BCUT2D eigenvalue weighted by molar-refractivity contribution is 7.99. The zero-order chi connectivity index (χ0) is 17.4. The number of nitrogens with zero attached hydrogens (tertiary/aromatic N) is 2. The van der Waals surface area contributed by atoms with Gasteiger partial charge < -0.3 is 4.90 Å². The summed E-state index contributed by atoms with van der Waals surface area (Å²) in [6, 6.07) is 20.7. The molecule has 0 aliphatic carbocycles. The van der Waals surface area contributed by atoms with Gasteiger partial charge in [-0.3, -0.25) is 10.1 Å². The van der Waals surface area contributed by atoms with Crippen LogP contribution in [-0.4, -0.2) is 4.92 Å². The number of nitro groups is 1. The Balaban J connectivity index is 1.81. The Kier molecular flexibility index (Phi) is 4.11. The van der Waals surface area contributed by atoms with E-state index in [4.69, 9.17) is 11.6 Å². The molecule has 4 nitrogen and oxygen atoms in total. The van der Waals surface area contributed by atoms with E-state index in [-0.39, 0.29) is 10.6 Å². The van der Waals surface area contributed by atoms with E-state index in [1.807, 2.05) is 42.5 Å². The predicted octanol–water partition coefficient (Wildman–Crippen LogP) is 6.05. The zero-order valence-electron chi connectivity index (χ0n) is 13.1. The van der Waals surface area contributed by atoms with Crippen LogP contribution >= 0.6 is 23.4 Å². The van der Waals surface area contributed by atoms with Gasteiger partial charge in [0.25, 0.3) is 5.69 Å². The number of nitro benzene ring substituents is 1. The second-order valence-corrected chi connectivity index (χ2v) is 7.16. The normalized spacial score (nSPS) is 12.4. The van der Waals surface area contributed by atoms with E-state index in [0.29, 0.717) is 11.6 Å². The molecular weight excluding hydrogens is 356 g/mol. The molecule has 0 saturated carbocycles. The van der Waals surface area contributed by atoms with Gasteiger partial charge in [-0.05, 0) is 29.8 Å². The molecule has 0 atom stereocenters. The van der Waals surface area contributed by atoms with E-state index in [1.54, 1.807) is 23.9 Å². The second-order valence-electron chi connectivity index (χ2n) is 5.67. The summed E-state index contributed by atoms with van der Waals surface area (Å²) in [6.45, 7) is 0.510. The first-order valence-electron chi connectivity index (χ1n) is 7.70. The third kappa shape index (κ3) is 2.97. The van der Waals surface area contributed by atoms with E-state index in [1.165, 1.54) is 6.07 Å². The molecule has 0 unspecified atom stereocenters. The molecule has 124 valence electrons. The van der Waals surface area contributed by atoms with Gasteiger partial charge in [-0.1, -0.05) is 53.7 Å². The molecule has 0 saturated heterocycles. The Morgan fingerprint density at radius 1 is 1.00 bits per heavy atom. The maximum Gasteiger partial charge on any atom is 0.269 e. The van der Waals surface area contributed by atoms with Crippen LogP contribution in [0.15, 0.2) is 76.5 Å². The topological polar surface area (TPSA) is 46.4 Å². The number of anilines is 2. The molecule has 0 aromatic heterocycles. The summed E-state index contributed by atoms with van der Waals surface area (Å²) in [6.07, 6.45) is 0. The first kappa shape index (κ1) is 16.0. The Morgan fingerprint density at radius 2 is 1.76 bits per heavy atom. The fourth-order valence-corrected chi connectivity index (χ4v) is 4.42. The summed E-state index contributed by atoms with van der Waals surface area (Å²) in [4.78, 5) is 15.0. The van der Waals surface area contributed by atoms with Crippen LogP contribution in [0, 0.1) is 10.1 Å². The summed E-state index contributed by atoms with van der Waals surface area (Å²) in [7, 11) is 0. The Bertz CT molecular complexity index is 977.